The van der Waals surface area contributed by atoms with Crippen molar-refractivity contribution in [3.05, 3.63) is 24.2 Å². The Bertz CT molecular complexity index is 802. The van der Waals surface area contributed by atoms with E-state index in [1.807, 2.05) is 18.7 Å². The number of nitrogens with one attached hydrogen (secondary N) is 1. The largest absolute Gasteiger partial charge is 0.365 e. The van der Waals surface area contributed by atoms with Gasteiger partial charge in [-0.1, -0.05) is 0 Å². The van der Waals surface area contributed by atoms with Crippen LogP contribution in [-0.2, 0) is 20.0 Å². The van der Waals surface area contributed by atoms with Gasteiger partial charge in [-0.15, -0.1) is 0 Å². The Morgan fingerprint density at radius 1 is 1.33 bits per heavy atom. The van der Waals surface area contributed by atoms with Crippen LogP contribution in [0.4, 0.5) is 5.82 Å². The topological polar surface area (TPSA) is 86.3 Å². The number of hydrogen-bond acceptors (Lipinski definition) is 6. The summed E-state index contributed by atoms with van der Waals surface area (Å²) in [7, 11) is 1.88. The average Bonchev–Trinajstić information content (AvgIpc) is 3.02. The van der Waals surface area contributed by atoms with Crippen molar-refractivity contribution in [2.75, 3.05) is 5.32 Å². The molecule has 4 rings (SSSR count). The van der Waals surface area contributed by atoms with Crippen LogP contribution < -0.4 is 5.32 Å². The average molecular weight is 284 g/mol. The molecule has 8 heteroatoms. The van der Waals surface area contributed by atoms with Crippen molar-refractivity contribution in [1.82, 2.24) is 34.5 Å². The summed E-state index contributed by atoms with van der Waals surface area (Å²) in [5.74, 6) is 2.74. The molecule has 0 fully saturated rings. The fourth-order valence-electron chi connectivity index (χ4n) is 2.82. The first-order valence-electron chi connectivity index (χ1n) is 7.00. The second-order valence-electron chi connectivity index (χ2n) is 5.37. The van der Waals surface area contributed by atoms with Gasteiger partial charge in [0.05, 0.1) is 18.1 Å². The van der Waals surface area contributed by atoms with Gasteiger partial charge in [-0.3, -0.25) is 4.68 Å². The van der Waals surface area contributed by atoms with Crippen molar-refractivity contribution in [1.29, 1.82) is 0 Å². The van der Waals surface area contributed by atoms with Gasteiger partial charge in [-0.25, -0.2) is 19.6 Å². The Hall–Kier alpha value is -2.51. The van der Waals surface area contributed by atoms with Gasteiger partial charge in [0.15, 0.2) is 5.65 Å². The van der Waals surface area contributed by atoms with Gasteiger partial charge in [-0.05, 0) is 13.3 Å². The molecule has 8 nitrogen and oxygen atoms in total. The summed E-state index contributed by atoms with van der Waals surface area (Å²) in [4.78, 5) is 13.0. The van der Waals surface area contributed by atoms with Crippen molar-refractivity contribution < 1.29 is 0 Å². The summed E-state index contributed by atoms with van der Waals surface area (Å²) in [5.41, 5.74) is 0.834. The first-order valence-corrected chi connectivity index (χ1v) is 7.00. The highest BCUT2D eigenvalue weighted by Crippen LogP contribution is 2.21. The molecule has 0 bridgehead atoms. The quantitative estimate of drug-likeness (QED) is 0.745. The minimum atomic E-state index is 0.289. The number of fused-ring (bicyclic) bond motifs is 2. The first kappa shape index (κ1) is 12.2. The SMILES string of the molecule is Cc1nc2n(n1)C[C@@H](Nc1ncnc3c1cnn3C)CC2. The molecular weight excluding hydrogens is 268 g/mol. The standard InChI is InChI=1S/C13H16N8/c1-8-17-11-4-3-9(6-21(11)19-8)18-12-10-5-16-20(2)13(10)15-7-14-12/h5,7,9H,3-4,6H2,1-2H3,(H,14,15,18)/t9-/m0/s1. The van der Waals surface area contributed by atoms with Crippen molar-refractivity contribution in [2.24, 2.45) is 7.05 Å². The van der Waals surface area contributed by atoms with E-state index in [1.165, 1.54) is 0 Å². The van der Waals surface area contributed by atoms with Crippen LogP contribution in [0.25, 0.3) is 11.0 Å². The molecule has 0 saturated carbocycles. The minimum Gasteiger partial charge on any atom is -0.365 e. The van der Waals surface area contributed by atoms with Crippen LogP contribution in [0.15, 0.2) is 12.5 Å². The Labute approximate surface area is 121 Å². The predicted octanol–water partition coefficient (Wildman–Crippen LogP) is 0.690. The number of aromatic nitrogens is 7. The molecule has 21 heavy (non-hydrogen) atoms. The third-order valence-corrected chi connectivity index (χ3v) is 3.83. The van der Waals surface area contributed by atoms with Crippen molar-refractivity contribution in [3.63, 3.8) is 0 Å². The van der Waals surface area contributed by atoms with Crippen molar-refractivity contribution >= 4 is 16.9 Å². The summed E-state index contributed by atoms with van der Waals surface area (Å²) in [6.45, 7) is 2.74. The molecule has 0 unspecified atom stereocenters. The summed E-state index contributed by atoms with van der Waals surface area (Å²) < 4.78 is 3.74. The van der Waals surface area contributed by atoms with Crippen molar-refractivity contribution in [2.45, 2.75) is 32.4 Å². The number of aryl methyl sites for hydroxylation is 3. The van der Waals surface area contributed by atoms with Crippen molar-refractivity contribution in [3.8, 4) is 0 Å². The van der Waals surface area contributed by atoms with E-state index in [0.717, 1.165) is 47.9 Å². The molecule has 1 aliphatic heterocycles. The predicted molar refractivity (Wildman–Crippen MR) is 76.8 cm³/mol. The highest BCUT2D eigenvalue weighted by atomic mass is 15.4. The zero-order valence-corrected chi connectivity index (χ0v) is 12.0. The highest BCUT2D eigenvalue weighted by molar-refractivity contribution is 5.86. The molecule has 1 N–H and O–H groups in total. The van der Waals surface area contributed by atoms with Gasteiger partial charge in [0.2, 0.25) is 0 Å². The Balaban J connectivity index is 1.61. The zero-order valence-electron chi connectivity index (χ0n) is 12.0. The molecule has 3 aromatic heterocycles. The van der Waals surface area contributed by atoms with Crippen LogP contribution in [0.1, 0.15) is 18.1 Å². The molecule has 0 aromatic carbocycles. The van der Waals surface area contributed by atoms with E-state index in [4.69, 9.17) is 0 Å². The molecule has 3 aromatic rings. The van der Waals surface area contributed by atoms with E-state index in [1.54, 1.807) is 17.2 Å². The lowest BCUT2D eigenvalue weighted by Gasteiger charge is -2.24. The van der Waals surface area contributed by atoms with Gasteiger partial charge < -0.3 is 5.32 Å². The number of hydrogen-bond donors (Lipinski definition) is 1. The number of anilines is 1. The van der Waals surface area contributed by atoms with E-state index in [0.29, 0.717) is 0 Å². The number of rotatable bonds is 2. The summed E-state index contributed by atoms with van der Waals surface area (Å²) in [5, 5.41) is 13.1. The molecule has 0 aliphatic carbocycles. The highest BCUT2D eigenvalue weighted by Gasteiger charge is 2.22. The molecule has 1 atom stereocenters. The van der Waals surface area contributed by atoms with Crippen LogP contribution in [0.5, 0.6) is 0 Å². The second kappa shape index (κ2) is 4.51. The first-order chi connectivity index (χ1) is 10.2. The smallest absolute Gasteiger partial charge is 0.163 e. The van der Waals surface area contributed by atoms with E-state index in [-0.39, 0.29) is 6.04 Å². The number of nitrogens with zero attached hydrogens (tertiary/aromatic N) is 7. The zero-order chi connectivity index (χ0) is 14.4. The molecule has 1 aliphatic rings. The van der Waals surface area contributed by atoms with Gasteiger partial charge in [0.25, 0.3) is 0 Å². The maximum absolute atomic E-state index is 4.43. The molecule has 108 valence electrons. The molecule has 0 spiro atoms. The Kier molecular flexibility index (Phi) is 2.63. The van der Waals surface area contributed by atoms with Crippen LogP contribution >= 0.6 is 0 Å². The Morgan fingerprint density at radius 2 is 2.24 bits per heavy atom. The minimum absolute atomic E-state index is 0.289. The van der Waals surface area contributed by atoms with E-state index >= 15 is 0 Å². The summed E-state index contributed by atoms with van der Waals surface area (Å²) >= 11 is 0. The van der Waals surface area contributed by atoms with E-state index in [2.05, 4.69) is 30.5 Å². The Morgan fingerprint density at radius 3 is 3.14 bits per heavy atom. The van der Waals surface area contributed by atoms with Gasteiger partial charge in [0.1, 0.15) is 23.8 Å². The van der Waals surface area contributed by atoms with Gasteiger partial charge >= 0.3 is 0 Å². The second-order valence-corrected chi connectivity index (χ2v) is 5.37. The van der Waals surface area contributed by atoms with E-state index < -0.39 is 0 Å². The lowest BCUT2D eigenvalue weighted by atomic mass is 10.1. The molecule has 0 amide bonds. The summed E-state index contributed by atoms with van der Waals surface area (Å²) in [6, 6.07) is 0.289. The van der Waals surface area contributed by atoms with Gasteiger partial charge in [-0.2, -0.15) is 10.2 Å². The molecular formula is C13H16N8. The van der Waals surface area contributed by atoms with Crippen LogP contribution in [0, 0.1) is 6.92 Å². The monoisotopic (exact) mass is 284 g/mol. The lowest BCUT2D eigenvalue weighted by molar-refractivity contribution is 0.440. The van der Waals surface area contributed by atoms with Crippen LogP contribution in [0.2, 0.25) is 0 Å². The summed E-state index contributed by atoms with van der Waals surface area (Å²) in [6.07, 6.45) is 5.31. The molecule has 0 radical (unpaired) electrons. The van der Waals surface area contributed by atoms with Crippen LogP contribution in [-0.4, -0.2) is 40.6 Å². The van der Waals surface area contributed by atoms with Gasteiger partial charge in [0, 0.05) is 19.5 Å². The molecule has 4 heterocycles. The lowest BCUT2D eigenvalue weighted by Crippen LogP contribution is -2.32. The molecule has 0 saturated heterocycles. The van der Waals surface area contributed by atoms with E-state index in [9.17, 15) is 0 Å². The maximum Gasteiger partial charge on any atom is 0.163 e. The fourth-order valence-corrected chi connectivity index (χ4v) is 2.82. The van der Waals surface area contributed by atoms with Crippen LogP contribution in [0.3, 0.4) is 0 Å². The normalized spacial score (nSPS) is 17.9. The fraction of sp³-hybridized carbons (Fsp3) is 0.462. The maximum atomic E-state index is 4.43. The third-order valence-electron chi connectivity index (χ3n) is 3.83. The third kappa shape index (κ3) is 2.03.